The Kier molecular flexibility index (Phi) is 10.5. The van der Waals surface area contributed by atoms with Crippen LogP contribution < -0.4 is 10.6 Å². The van der Waals surface area contributed by atoms with Crippen molar-refractivity contribution in [3.8, 4) is 0 Å². The Balaban J connectivity index is 0.00000288. The Morgan fingerprint density at radius 3 is 2.92 bits per heavy atom. The molecule has 0 amide bonds. The van der Waals surface area contributed by atoms with E-state index >= 15 is 0 Å². The van der Waals surface area contributed by atoms with Gasteiger partial charge in [0.2, 0.25) is 0 Å². The summed E-state index contributed by atoms with van der Waals surface area (Å²) in [6.07, 6.45) is 4.37. The molecule has 1 saturated carbocycles. The van der Waals surface area contributed by atoms with Crippen molar-refractivity contribution in [2.45, 2.75) is 56.7 Å². The van der Waals surface area contributed by atoms with E-state index in [-0.39, 0.29) is 24.0 Å². The maximum Gasteiger partial charge on any atom is 0.191 e. The fraction of sp³-hybridized carbons (Fsp3) is 0.706. The van der Waals surface area contributed by atoms with Crippen LogP contribution in [0.3, 0.4) is 0 Å². The van der Waals surface area contributed by atoms with Gasteiger partial charge in [0, 0.05) is 41.4 Å². The summed E-state index contributed by atoms with van der Waals surface area (Å²) in [6.45, 7) is 5.11. The summed E-state index contributed by atoms with van der Waals surface area (Å²) in [7, 11) is 1.13. The molecule has 2 rings (SSSR count). The highest BCUT2D eigenvalue weighted by Gasteiger charge is 2.26. The summed E-state index contributed by atoms with van der Waals surface area (Å²) in [5, 5.41) is 11.6. The molecule has 138 valence electrons. The molecule has 0 bridgehead atoms. The molecule has 1 aromatic heterocycles. The topological polar surface area (TPSA) is 53.5 Å². The molecule has 0 spiro atoms. The largest absolute Gasteiger partial charge is 0.356 e. The lowest BCUT2D eigenvalue weighted by molar-refractivity contribution is 0.413. The second-order valence-corrected chi connectivity index (χ2v) is 9.00. The molecule has 0 aliphatic heterocycles. The number of rotatable bonds is 6. The average molecular weight is 483 g/mol. The van der Waals surface area contributed by atoms with Gasteiger partial charge in [-0.1, -0.05) is 20.3 Å². The molecular formula is C17H30IN3OS2. The van der Waals surface area contributed by atoms with Crippen molar-refractivity contribution in [1.29, 1.82) is 0 Å². The highest BCUT2D eigenvalue weighted by atomic mass is 127. The normalized spacial score (nSPS) is 23.9. The van der Waals surface area contributed by atoms with Gasteiger partial charge in [-0.05, 0) is 47.6 Å². The third-order valence-corrected chi connectivity index (χ3v) is 6.98. The quantitative estimate of drug-likeness (QED) is 0.369. The monoisotopic (exact) mass is 483 g/mol. The van der Waals surface area contributed by atoms with Gasteiger partial charge in [0.15, 0.2) is 5.96 Å². The van der Waals surface area contributed by atoms with E-state index in [0.717, 1.165) is 43.9 Å². The fourth-order valence-electron chi connectivity index (χ4n) is 3.06. The standard InChI is InChI=1S/C17H29N3OS2.HI/c1-4-23(21)16-7-5-6-15(10-16)20-17(18-3)19-11-13(2)14-8-9-22-12-14;/h8-9,12-13,15-16H,4-7,10-11H2,1-3H3,(H2,18,19,20);1H. The lowest BCUT2D eigenvalue weighted by Gasteiger charge is -2.30. The van der Waals surface area contributed by atoms with Crippen molar-refractivity contribution in [3.05, 3.63) is 22.4 Å². The van der Waals surface area contributed by atoms with Crippen molar-refractivity contribution < 1.29 is 4.21 Å². The van der Waals surface area contributed by atoms with Crippen LogP contribution in [-0.4, -0.2) is 40.8 Å². The summed E-state index contributed by atoms with van der Waals surface area (Å²) >= 11 is 1.74. The number of aliphatic imine (C=N–C) groups is 1. The Hall–Kier alpha value is -0.150. The van der Waals surface area contributed by atoms with E-state index in [1.165, 1.54) is 5.56 Å². The van der Waals surface area contributed by atoms with E-state index in [9.17, 15) is 4.21 Å². The minimum atomic E-state index is -0.681. The minimum absolute atomic E-state index is 0. The number of thiophene rings is 1. The van der Waals surface area contributed by atoms with Crippen molar-refractivity contribution in [3.63, 3.8) is 0 Å². The Labute approximate surface area is 169 Å². The van der Waals surface area contributed by atoms with Crippen LogP contribution in [0.25, 0.3) is 0 Å². The number of nitrogens with one attached hydrogen (secondary N) is 2. The van der Waals surface area contributed by atoms with Crippen LogP contribution in [0.4, 0.5) is 0 Å². The molecule has 0 radical (unpaired) electrons. The van der Waals surface area contributed by atoms with Crippen molar-refractivity contribution in [1.82, 2.24) is 10.6 Å². The number of hydrogen-bond donors (Lipinski definition) is 2. The zero-order chi connectivity index (χ0) is 16.7. The zero-order valence-corrected chi connectivity index (χ0v) is 18.8. The first-order valence-corrected chi connectivity index (χ1v) is 10.8. The molecule has 1 aliphatic carbocycles. The molecular weight excluding hydrogens is 453 g/mol. The van der Waals surface area contributed by atoms with Crippen LogP contribution in [-0.2, 0) is 10.8 Å². The Morgan fingerprint density at radius 2 is 2.29 bits per heavy atom. The molecule has 24 heavy (non-hydrogen) atoms. The van der Waals surface area contributed by atoms with Gasteiger partial charge in [0.05, 0.1) is 0 Å². The van der Waals surface area contributed by atoms with E-state index in [1.54, 1.807) is 11.3 Å². The van der Waals surface area contributed by atoms with Crippen LogP contribution in [0.5, 0.6) is 0 Å². The maximum atomic E-state index is 12.1. The number of guanidine groups is 1. The van der Waals surface area contributed by atoms with Gasteiger partial charge < -0.3 is 10.6 Å². The predicted molar refractivity (Wildman–Crippen MR) is 117 cm³/mol. The molecule has 0 aromatic carbocycles. The molecule has 0 saturated heterocycles. The van der Waals surface area contributed by atoms with Crippen LogP contribution in [0.15, 0.2) is 21.8 Å². The first kappa shape index (κ1) is 21.9. The Bertz CT molecular complexity index is 522. The molecule has 1 aliphatic rings. The highest BCUT2D eigenvalue weighted by molar-refractivity contribution is 14.0. The lowest BCUT2D eigenvalue weighted by atomic mass is 9.95. The molecule has 4 unspecified atom stereocenters. The van der Waals surface area contributed by atoms with E-state index in [0.29, 0.717) is 17.2 Å². The second kappa shape index (κ2) is 11.5. The van der Waals surface area contributed by atoms with Crippen LogP contribution in [0.2, 0.25) is 0 Å². The van der Waals surface area contributed by atoms with Crippen LogP contribution in [0.1, 0.15) is 51.0 Å². The van der Waals surface area contributed by atoms with Crippen LogP contribution >= 0.6 is 35.3 Å². The van der Waals surface area contributed by atoms with Crippen molar-refractivity contribution in [2.24, 2.45) is 4.99 Å². The average Bonchev–Trinajstić information content (AvgIpc) is 3.12. The summed E-state index contributed by atoms with van der Waals surface area (Å²) in [5.41, 5.74) is 1.37. The molecule has 7 heteroatoms. The van der Waals surface area contributed by atoms with E-state index in [1.807, 2.05) is 14.0 Å². The third-order valence-electron chi connectivity index (χ3n) is 4.53. The molecule has 1 aromatic rings. The summed E-state index contributed by atoms with van der Waals surface area (Å²) in [4.78, 5) is 4.35. The minimum Gasteiger partial charge on any atom is -0.356 e. The van der Waals surface area contributed by atoms with Gasteiger partial charge in [0.25, 0.3) is 0 Å². The first-order valence-electron chi connectivity index (χ1n) is 8.50. The summed E-state index contributed by atoms with van der Waals surface area (Å²) in [5.74, 6) is 2.09. The van der Waals surface area contributed by atoms with Gasteiger partial charge in [-0.2, -0.15) is 11.3 Å². The molecule has 1 fully saturated rings. The van der Waals surface area contributed by atoms with Crippen molar-refractivity contribution >= 4 is 52.1 Å². The third kappa shape index (κ3) is 6.63. The molecule has 4 nitrogen and oxygen atoms in total. The van der Waals surface area contributed by atoms with Gasteiger partial charge in [-0.15, -0.1) is 24.0 Å². The smallest absolute Gasteiger partial charge is 0.191 e. The van der Waals surface area contributed by atoms with Gasteiger partial charge in [-0.25, -0.2) is 0 Å². The van der Waals surface area contributed by atoms with E-state index < -0.39 is 10.8 Å². The number of halogens is 1. The second-order valence-electron chi connectivity index (χ2n) is 6.21. The molecule has 2 N–H and O–H groups in total. The maximum absolute atomic E-state index is 12.1. The van der Waals surface area contributed by atoms with Crippen molar-refractivity contribution in [2.75, 3.05) is 19.3 Å². The van der Waals surface area contributed by atoms with E-state index in [2.05, 4.69) is 39.4 Å². The van der Waals surface area contributed by atoms with Gasteiger partial charge >= 0.3 is 0 Å². The molecule has 4 atom stereocenters. The van der Waals surface area contributed by atoms with Crippen LogP contribution in [0, 0.1) is 0 Å². The highest BCUT2D eigenvalue weighted by Crippen LogP contribution is 2.23. The SMILES string of the molecule is CCS(=O)C1CCCC(NC(=NC)NCC(C)c2ccsc2)C1.I. The predicted octanol–water partition coefficient (Wildman–Crippen LogP) is 3.71. The summed E-state index contributed by atoms with van der Waals surface area (Å²) in [6, 6.07) is 2.56. The fourth-order valence-corrected chi connectivity index (χ4v) is 5.19. The summed E-state index contributed by atoms with van der Waals surface area (Å²) < 4.78 is 12.1. The van der Waals surface area contributed by atoms with Gasteiger partial charge in [-0.3, -0.25) is 9.20 Å². The van der Waals surface area contributed by atoms with E-state index in [4.69, 9.17) is 0 Å². The number of hydrogen-bond acceptors (Lipinski definition) is 3. The zero-order valence-electron chi connectivity index (χ0n) is 14.8. The molecule has 1 heterocycles. The van der Waals surface area contributed by atoms with Gasteiger partial charge in [0.1, 0.15) is 0 Å². The number of nitrogens with zero attached hydrogens (tertiary/aromatic N) is 1. The first-order chi connectivity index (χ1) is 11.1. The Morgan fingerprint density at radius 1 is 1.50 bits per heavy atom. The lowest BCUT2D eigenvalue weighted by Crippen LogP contribution is -2.47.